The van der Waals surface area contributed by atoms with Crippen molar-refractivity contribution in [3.63, 3.8) is 0 Å². The van der Waals surface area contributed by atoms with Crippen LogP contribution in [-0.4, -0.2) is 50.3 Å². The molecule has 1 aromatic rings. The molecule has 0 saturated carbocycles. The predicted octanol–water partition coefficient (Wildman–Crippen LogP) is 2.64. The van der Waals surface area contributed by atoms with Crippen molar-refractivity contribution >= 4 is 11.8 Å². The van der Waals surface area contributed by atoms with E-state index >= 15 is 0 Å². The van der Waals surface area contributed by atoms with Crippen molar-refractivity contribution in [1.82, 2.24) is 10.2 Å². The summed E-state index contributed by atoms with van der Waals surface area (Å²) in [7, 11) is 3.90. The lowest BCUT2D eigenvalue weighted by Gasteiger charge is -2.24. The molecule has 1 aliphatic heterocycles. The maximum Gasteiger partial charge on any atom is 0.410 e. The third-order valence-electron chi connectivity index (χ3n) is 3.93. The number of hydrogen-bond donors (Lipinski definition) is 1. The highest BCUT2D eigenvalue weighted by atomic mass is 16.6. The van der Waals surface area contributed by atoms with E-state index in [1.807, 2.05) is 20.8 Å². The summed E-state index contributed by atoms with van der Waals surface area (Å²) in [6, 6.07) is 6.65. The lowest BCUT2D eigenvalue weighted by atomic mass is 10.1. The van der Waals surface area contributed by atoms with Crippen molar-refractivity contribution in [2.75, 3.05) is 38.6 Å². The number of carbonyl (C=O) groups excluding carboxylic acids is 1. The zero-order valence-corrected chi connectivity index (χ0v) is 15.0. The minimum Gasteiger partial charge on any atom is -0.444 e. The Morgan fingerprint density at radius 2 is 2.13 bits per heavy atom. The Morgan fingerprint density at radius 3 is 2.83 bits per heavy atom. The number of rotatable bonds is 5. The first-order valence-corrected chi connectivity index (χ1v) is 8.24. The van der Waals surface area contributed by atoms with E-state index in [1.165, 1.54) is 16.8 Å². The molecule has 0 saturated heterocycles. The maximum absolute atomic E-state index is 11.9. The molecule has 128 valence electrons. The molecule has 5 heteroatoms. The molecule has 1 amide bonds. The van der Waals surface area contributed by atoms with Crippen LogP contribution in [0.15, 0.2) is 18.2 Å². The van der Waals surface area contributed by atoms with Crippen molar-refractivity contribution in [2.45, 2.75) is 39.3 Å². The quantitative estimate of drug-likeness (QED) is 0.848. The highest BCUT2D eigenvalue weighted by Gasteiger charge is 2.19. The van der Waals surface area contributed by atoms with Gasteiger partial charge >= 0.3 is 6.09 Å². The lowest BCUT2D eigenvalue weighted by Crippen LogP contribution is -2.37. The number of likely N-dealkylation sites (N-methyl/N-ethyl adjacent to an activating group) is 2. The van der Waals surface area contributed by atoms with Crippen LogP contribution in [0.2, 0.25) is 0 Å². The fourth-order valence-electron chi connectivity index (χ4n) is 2.64. The number of nitrogens with one attached hydrogen (secondary N) is 1. The van der Waals surface area contributed by atoms with Crippen LogP contribution in [-0.2, 0) is 17.7 Å². The van der Waals surface area contributed by atoms with E-state index in [-0.39, 0.29) is 6.09 Å². The summed E-state index contributed by atoms with van der Waals surface area (Å²) >= 11 is 0. The number of hydrogen-bond acceptors (Lipinski definition) is 4. The molecular formula is C18H29N3O2. The van der Waals surface area contributed by atoms with Gasteiger partial charge in [-0.05, 0) is 44.4 Å². The Morgan fingerprint density at radius 1 is 1.39 bits per heavy atom. The van der Waals surface area contributed by atoms with Crippen molar-refractivity contribution in [2.24, 2.45) is 0 Å². The van der Waals surface area contributed by atoms with Gasteiger partial charge in [0.15, 0.2) is 0 Å². The highest BCUT2D eigenvalue weighted by Crippen LogP contribution is 2.27. The number of ether oxygens (including phenoxy) is 1. The smallest absolute Gasteiger partial charge is 0.410 e. The maximum atomic E-state index is 11.9. The van der Waals surface area contributed by atoms with Crippen LogP contribution in [0.25, 0.3) is 0 Å². The zero-order valence-electron chi connectivity index (χ0n) is 15.0. The monoisotopic (exact) mass is 319 g/mol. The summed E-state index contributed by atoms with van der Waals surface area (Å²) in [5.74, 6) is 0. The molecule has 23 heavy (non-hydrogen) atoms. The molecule has 1 heterocycles. The van der Waals surface area contributed by atoms with E-state index in [0.29, 0.717) is 6.54 Å². The summed E-state index contributed by atoms with van der Waals surface area (Å²) in [5, 5.41) is 3.39. The van der Waals surface area contributed by atoms with Crippen LogP contribution >= 0.6 is 0 Å². The number of anilines is 1. The summed E-state index contributed by atoms with van der Waals surface area (Å²) in [5.41, 5.74) is 3.62. The first-order valence-electron chi connectivity index (χ1n) is 8.24. The number of fused-ring (bicyclic) bond motifs is 1. The molecule has 0 bridgehead atoms. The second-order valence-corrected chi connectivity index (χ2v) is 7.21. The summed E-state index contributed by atoms with van der Waals surface area (Å²) in [6.45, 7) is 8.92. The molecule has 0 aromatic heterocycles. The topological polar surface area (TPSA) is 44.8 Å². The highest BCUT2D eigenvalue weighted by molar-refractivity contribution is 5.67. The van der Waals surface area contributed by atoms with Gasteiger partial charge in [-0.2, -0.15) is 0 Å². The van der Waals surface area contributed by atoms with E-state index in [1.54, 1.807) is 11.9 Å². The van der Waals surface area contributed by atoms with Crippen molar-refractivity contribution < 1.29 is 9.53 Å². The van der Waals surface area contributed by atoms with Crippen LogP contribution in [0, 0.1) is 0 Å². The Hall–Kier alpha value is -1.75. The first kappa shape index (κ1) is 17.6. The van der Waals surface area contributed by atoms with Gasteiger partial charge in [-0.1, -0.05) is 12.1 Å². The van der Waals surface area contributed by atoms with Gasteiger partial charge in [-0.25, -0.2) is 4.79 Å². The van der Waals surface area contributed by atoms with Gasteiger partial charge in [0.1, 0.15) is 5.60 Å². The second kappa shape index (κ2) is 7.21. The Labute approximate surface area is 139 Å². The second-order valence-electron chi connectivity index (χ2n) is 7.21. The molecule has 1 aliphatic rings. The van der Waals surface area contributed by atoms with Crippen molar-refractivity contribution in [1.29, 1.82) is 0 Å². The summed E-state index contributed by atoms with van der Waals surface area (Å²) < 4.78 is 5.33. The normalized spacial score (nSPS) is 13.9. The molecule has 0 aliphatic carbocycles. The van der Waals surface area contributed by atoms with Gasteiger partial charge < -0.3 is 19.9 Å². The van der Waals surface area contributed by atoms with Crippen LogP contribution in [0.1, 0.15) is 31.9 Å². The molecule has 1 N–H and O–H groups in total. The molecule has 0 atom stereocenters. The van der Waals surface area contributed by atoms with E-state index < -0.39 is 5.60 Å². The third kappa shape index (κ3) is 5.13. The minimum atomic E-state index is -0.448. The summed E-state index contributed by atoms with van der Waals surface area (Å²) in [4.78, 5) is 15.8. The average molecular weight is 319 g/mol. The lowest BCUT2D eigenvalue weighted by molar-refractivity contribution is 0.0300. The largest absolute Gasteiger partial charge is 0.444 e. The summed E-state index contributed by atoms with van der Waals surface area (Å²) in [6.07, 6.45) is 0.848. The van der Waals surface area contributed by atoms with E-state index in [2.05, 4.69) is 35.5 Å². The Bertz CT molecular complexity index is 552. The SMILES string of the molecule is CN(CCNCc1ccc2c(c1)CCN2C)C(=O)OC(C)(C)C. The van der Waals surface area contributed by atoms with Crippen molar-refractivity contribution in [3.05, 3.63) is 29.3 Å². The van der Waals surface area contributed by atoms with Gasteiger partial charge in [-0.15, -0.1) is 0 Å². The Balaban J connectivity index is 1.72. The van der Waals surface area contributed by atoms with Gasteiger partial charge in [0.25, 0.3) is 0 Å². The number of carbonyl (C=O) groups is 1. The number of nitrogens with zero attached hydrogens (tertiary/aromatic N) is 2. The molecule has 5 nitrogen and oxygen atoms in total. The molecule has 0 unspecified atom stereocenters. The first-order chi connectivity index (χ1) is 10.8. The Kier molecular flexibility index (Phi) is 5.52. The minimum absolute atomic E-state index is 0.278. The van der Waals surface area contributed by atoms with Crippen molar-refractivity contribution in [3.8, 4) is 0 Å². The fourth-order valence-corrected chi connectivity index (χ4v) is 2.64. The van der Waals surface area contributed by atoms with Gasteiger partial charge in [-0.3, -0.25) is 0 Å². The average Bonchev–Trinajstić information content (AvgIpc) is 2.82. The molecule has 1 aromatic carbocycles. The molecule has 2 rings (SSSR count). The zero-order chi connectivity index (χ0) is 17.0. The number of benzene rings is 1. The fraction of sp³-hybridized carbons (Fsp3) is 0.611. The standard InChI is InChI=1S/C18H29N3O2/c1-18(2,3)23-17(22)21(5)11-9-19-13-14-6-7-16-15(12-14)8-10-20(16)4/h6-7,12,19H,8-11,13H2,1-5H3. The molecule has 0 fully saturated rings. The molecule has 0 spiro atoms. The number of amides is 1. The predicted molar refractivity (Wildman–Crippen MR) is 94.0 cm³/mol. The van der Waals surface area contributed by atoms with Crippen LogP contribution in [0.3, 0.4) is 0 Å². The van der Waals surface area contributed by atoms with Gasteiger partial charge in [0, 0.05) is 46.0 Å². The van der Waals surface area contributed by atoms with E-state index in [9.17, 15) is 4.79 Å². The molecular weight excluding hydrogens is 290 g/mol. The van der Waals surface area contributed by atoms with E-state index in [0.717, 1.165) is 26.1 Å². The van der Waals surface area contributed by atoms with Crippen LogP contribution in [0.4, 0.5) is 10.5 Å². The van der Waals surface area contributed by atoms with Gasteiger partial charge in [0.2, 0.25) is 0 Å². The molecule has 0 radical (unpaired) electrons. The third-order valence-corrected chi connectivity index (χ3v) is 3.93. The van der Waals surface area contributed by atoms with E-state index in [4.69, 9.17) is 4.74 Å². The van der Waals surface area contributed by atoms with Crippen LogP contribution < -0.4 is 10.2 Å². The van der Waals surface area contributed by atoms with Crippen LogP contribution in [0.5, 0.6) is 0 Å². The van der Waals surface area contributed by atoms with Gasteiger partial charge in [0.05, 0.1) is 0 Å².